The summed E-state index contributed by atoms with van der Waals surface area (Å²) in [6, 6.07) is 1.97. The summed E-state index contributed by atoms with van der Waals surface area (Å²) in [4.78, 5) is 13.8. The van der Waals surface area contributed by atoms with Crippen molar-refractivity contribution in [2.45, 2.75) is 20.8 Å². The minimum atomic E-state index is 0.102. The highest BCUT2D eigenvalue weighted by Crippen LogP contribution is 2.08. The van der Waals surface area contributed by atoms with E-state index < -0.39 is 0 Å². The zero-order chi connectivity index (χ0) is 7.72. The van der Waals surface area contributed by atoms with Crippen LogP contribution in [0.1, 0.15) is 28.7 Å². The fraction of sp³-hybridized carbons (Fsp3) is 0.375. The molecule has 0 aliphatic heterocycles. The lowest BCUT2D eigenvalue weighted by molar-refractivity contribution is 0.101. The third-order valence-electron chi connectivity index (χ3n) is 1.50. The Balaban J connectivity index is 3.15. The van der Waals surface area contributed by atoms with Crippen LogP contribution in [0.5, 0.6) is 0 Å². The van der Waals surface area contributed by atoms with Crippen LogP contribution in [0.4, 0.5) is 0 Å². The van der Waals surface area contributed by atoms with Crippen molar-refractivity contribution in [1.82, 2.24) is 4.98 Å². The summed E-state index contributed by atoms with van der Waals surface area (Å²) in [5, 5.41) is 0. The van der Waals surface area contributed by atoms with Gasteiger partial charge >= 0.3 is 0 Å². The van der Waals surface area contributed by atoms with Gasteiger partial charge in [-0.3, -0.25) is 4.79 Å². The molecular formula is C8H11NO. The van der Waals surface area contributed by atoms with Crippen LogP contribution >= 0.6 is 0 Å². The fourth-order valence-electron chi connectivity index (χ4n) is 1.09. The standard InChI is InChI=1S/C8H11NO/c1-5-4-6(2)9-8(5)7(3)10/h4,9H,1-3H3. The highest BCUT2D eigenvalue weighted by atomic mass is 16.1. The van der Waals surface area contributed by atoms with Gasteiger partial charge in [0.05, 0.1) is 5.69 Å². The second-order valence-electron chi connectivity index (χ2n) is 2.57. The van der Waals surface area contributed by atoms with E-state index in [9.17, 15) is 4.79 Å². The first-order valence-corrected chi connectivity index (χ1v) is 3.28. The van der Waals surface area contributed by atoms with Crippen LogP contribution in [0.2, 0.25) is 0 Å². The van der Waals surface area contributed by atoms with Crippen molar-refractivity contribution in [2.75, 3.05) is 0 Å². The smallest absolute Gasteiger partial charge is 0.176 e. The topological polar surface area (TPSA) is 32.9 Å². The Labute approximate surface area is 60.3 Å². The molecule has 0 fully saturated rings. The number of carbonyl (C=O) groups is 1. The van der Waals surface area contributed by atoms with Crippen LogP contribution in [0.25, 0.3) is 0 Å². The van der Waals surface area contributed by atoms with E-state index in [4.69, 9.17) is 0 Å². The second-order valence-corrected chi connectivity index (χ2v) is 2.57. The molecule has 0 radical (unpaired) electrons. The zero-order valence-corrected chi connectivity index (χ0v) is 6.49. The molecule has 0 spiro atoms. The Hall–Kier alpha value is -1.05. The quantitative estimate of drug-likeness (QED) is 0.588. The number of aryl methyl sites for hydroxylation is 2. The van der Waals surface area contributed by atoms with Crippen molar-refractivity contribution < 1.29 is 4.79 Å². The SMILES string of the molecule is CC(=O)c1[nH]c(C)cc1C. The van der Waals surface area contributed by atoms with E-state index in [1.54, 1.807) is 6.92 Å². The van der Waals surface area contributed by atoms with Gasteiger partial charge in [-0.05, 0) is 25.5 Å². The van der Waals surface area contributed by atoms with E-state index in [0.717, 1.165) is 17.0 Å². The van der Waals surface area contributed by atoms with Gasteiger partial charge in [0.25, 0.3) is 0 Å². The molecule has 54 valence electrons. The van der Waals surface area contributed by atoms with Crippen molar-refractivity contribution in [3.63, 3.8) is 0 Å². The van der Waals surface area contributed by atoms with Crippen molar-refractivity contribution in [2.24, 2.45) is 0 Å². The molecule has 10 heavy (non-hydrogen) atoms. The third kappa shape index (κ3) is 1.10. The van der Waals surface area contributed by atoms with Crippen molar-refractivity contribution >= 4 is 5.78 Å². The highest BCUT2D eigenvalue weighted by Gasteiger charge is 2.04. The Kier molecular flexibility index (Phi) is 1.62. The van der Waals surface area contributed by atoms with Gasteiger partial charge in [-0.2, -0.15) is 0 Å². The van der Waals surface area contributed by atoms with Gasteiger partial charge in [-0.1, -0.05) is 0 Å². The van der Waals surface area contributed by atoms with Gasteiger partial charge < -0.3 is 4.98 Å². The summed E-state index contributed by atoms with van der Waals surface area (Å²) in [5.74, 6) is 0.102. The number of nitrogens with one attached hydrogen (secondary N) is 1. The summed E-state index contributed by atoms with van der Waals surface area (Å²) in [7, 11) is 0. The van der Waals surface area contributed by atoms with Gasteiger partial charge in [0.1, 0.15) is 0 Å². The van der Waals surface area contributed by atoms with Gasteiger partial charge in [0.15, 0.2) is 5.78 Å². The van der Waals surface area contributed by atoms with Crippen LogP contribution in [-0.4, -0.2) is 10.8 Å². The van der Waals surface area contributed by atoms with Crippen LogP contribution in [0.15, 0.2) is 6.07 Å². The van der Waals surface area contributed by atoms with Crippen molar-refractivity contribution in [1.29, 1.82) is 0 Å². The average molecular weight is 137 g/mol. The molecule has 1 aromatic rings. The van der Waals surface area contributed by atoms with Gasteiger partial charge in [-0.15, -0.1) is 0 Å². The Morgan fingerprint density at radius 1 is 1.50 bits per heavy atom. The Bertz CT molecular complexity index is 260. The number of hydrogen-bond donors (Lipinski definition) is 1. The summed E-state index contributed by atoms with van der Waals surface area (Å²) in [6.07, 6.45) is 0. The monoisotopic (exact) mass is 137 g/mol. The molecule has 0 bridgehead atoms. The number of Topliss-reactive ketones (excluding diaryl/α,β-unsaturated/α-hetero) is 1. The van der Waals surface area contributed by atoms with Gasteiger partial charge in [0, 0.05) is 12.6 Å². The first kappa shape index (κ1) is 7.06. The summed E-state index contributed by atoms with van der Waals surface area (Å²) in [6.45, 7) is 5.44. The summed E-state index contributed by atoms with van der Waals surface area (Å²) >= 11 is 0. The Morgan fingerprint density at radius 3 is 2.30 bits per heavy atom. The molecule has 0 atom stereocenters. The molecule has 0 unspecified atom stereocenters. The maximum absolute atomic E-state index is 10.8. The largest absolute Gasteiger partial charge is 0.356 e. The normalized spacial score (nSPS) is 9.90. The average Bonchev–Trinajstić information content (AvgIpc) is 2.10. The van der Waals surface area contributed by atoms with Crippen molar-refractivity contribution in [3.8, 4) is 0 Å². The number of rotatable bonds is 1. The molecule has 0 aliphatic rings. The zero-order valence-electron chi connectivity index (χ0n) is 6.49. The van der Waals surface area contributed by atoms with Crippen LogP contribution in [-0.2, 0) is 0 Å². The highest BCUT2D eigenvalue weighted by molar-refractivity contribution is 5.93. The molecule has 2 nitrogen and oxygen atoms in total. The molecule has 0 aliphatic carbocycles. The van der Waals surface area contributed by atoms with Crippen LogP contribution < -0.4 is 0 Å². The molecule has 2 heteroatoms. The van der Waals surface area contributed by atoms with Crippen LogP contribution in [0, 0.1) is 13.8 Å². The maximum atomic E-state index is 10.8. The summed E-state index contributed by atoms with van der Waals surface area (Å²) in [5.41, 5.74) is 2.81. The summed E-state index contributed by atoms with van der Waals surface area (Å²) < 4.78 is 0. The lowest BCUT2D eigenvalue weighted by atomic mass is 10.2. The number of aromatic nitrogens is 1. The predicted octanol–water partition coefficient (Wildman–Crippen LogP) is 1.83. The van der Waals surface area contributed by atoms with E-state index in [0.29, 0.717) is 0 Å². The molecule has 0 saturated heterocycles. The fourth-order valence-corrected chi connectivity index (χ4v) is 1.09. The number of hydrogen-bond acceptors (Lipinski definition) is 1. The minimum Gasteiger partial charge on any atom is -0.356 e. The van der Waals surface area contributed by atoms with Crippen molar-refractivity contribution in [3.05, 3.63) is 23.0 Å². The van der Waals surface area contributed by atoms with E-state index in [1.165, 1.54) is 0 Å². The minimum absolute atomic E-state index is 0.102. The van der Waals surface area contributed by atoms with Crippen LogP contribution in [0.3, 0.4) is 0 Å². The first-order valence-electron chi connectivity index (χ1n) is 3.28. The van der Waals surface area contributed by atoms with Gasteiger partial charge in [0.2, 0.25) is 0 Å². The number of H-pyrrole nitrogens is 1. The maximum Gasteiger partial charge on any atom is 0.176 e. The number of ketones is 1. The molecular weight excluding hydrogens is 126 g/mol. The molecule has 1 rings (SSSR count). The molecule has 0 amide bonds. The lowest BCUT2D eigenvalue weighted by Crippen LogP contribution is -1.93. The third-order valence-corrected chi connectivity index (χ3v) is 1.50. The molecule has 1 heterocycles. The van der Waals surface area contributed by atoms with E-state index in [2.05, 4.69) is 4.98 Å². The second kappa shape index (κ2) is 2.29. The van der Waals surface area contributed by atoms with E-state index in [-0.39, 0.29) is 5.78 Å². The number of carbonyl (C=O) groups excluding carboxylic acids is 1. The Morgan fingerprint density at radius 2 is 2.10 bits per heavy atom. The van der Waals surface area contributed by atoms with E-state index >= 15 is 0 Å². The molecule has 0 aromatic carbocycles. The molecule has 1 aromatic heterocycles. The number of aromatic amines is 1. The lowest BCUT2D eigenvalue weighted by Gasteiger charge is -1.89. The molecule has 0 saturated carbocycles. The first-order chi connectivity index (χ1) is 4.61. The molecule has 1 N–H and O–H groups in total. The van der Waals surface area contributed by atoms with E-state index in [1.807, 2.05) is 19.9 Å². The predicted molar refractivity (Wildman–Crippen MR) is 40.3 cm³/mol. The van der Waals surface area contributed by atoms with Gasteiger partial charge in [-0.25, -0.2) is 0 Å².